The Hall–Kier alpha value is -2.14. The molecule has 86 valence electrons. The second-order valence-corrected chi connectivity index (χ2v) is 3.71. The Labute approximate surface area is 102 Å². The fraction of sp³-hybridized carbons (Fsp3) is 0. The van der Waals surface area contributed by atoms with Crippen molar-refractivity contribution in [2.24, 2.45) is 5.73 Å². The number of aromatic nitrogens is 2. The molecule has 1 aromatic heterocycles. The first kappa shape index (κ1) is 11.3. The number of rotatable bonds is 3. The third-order valence-electron chi connectivity index (χ3n) is 2.24. The number of hydrogen-bond donors (Lipinski definition) is 1. The highest BCUT2D eigenvalue weighted by Gasteiger charge is 2.11. The maximum absolute atomic E-state index is 10.9. The SMILES string of the molecule is NC(=O)c1ccn(-c2cccc(Cl)c2C=O)n1. The van der Waals surface area contributed by atoms with Gasteiger partial charge in [0.25, 0.3) is 5.91 Å². The summed E-state index contributed by atoms with van der Waals surface area (Å²) < 4.78 is 1.38. The summed E-state index contributed by atoms with van der Waals surface area (Å²) in [5.41, 5.74) is 6.04. The van der Waals surface area contributed by atoms with Gasteiger partial charge in [0.1, 0.15) is 5.69 Å². The topological polar surface area (TPSA) is 78.0 Å². The van der Waals surface area contributed by atoms with Crippen LogP contribution in [-0.4, -0.2) is 22.0 Å². The number of hydrogen-bond acceptors (Lipinski definition) is 3. The zero-order chi connectivity index (χ0) is 12.4. The van der Waals surface area contributed by atoms with Crippen molar-refractivity contribution in [2.45, 2.75) is 0 Å². The second kappa shape index (κ2) is 4.39. The highest BCUT2D eigenvalue weighted by atomic mass is 35.5. The Bertz CT molecular complexity index is 592. The van der Waals surface area contributed by atoms with E-state index in [-0.39, 0.29) is 5.69 Å². The first-order valence-electron chi connectivity index (χ1n) is 4.73. The van der Waals surface area contributed by atoms with Crippen LogP contribution in [0.15, 0.2) is 30.5 Å². The van der Waals surface area contributed by atoms with E-state index in [1.807, 2.05) is 0 Å². The third-order valence-corrected chi connectivity index (χ3v) is 2.57. The van der Waals surface area contributed by atoms with Crippen molar-refractivity contribution >= 4 is 23.8 Å². The average Bonchev–Trinajstić information content (AvgIpc) is 2.77. The van der Waals surface area contributed by atoms with Gasteiger partial charge in [0.05, 0.1) is 16.3 Å². The van der Waals surface area contributed by atoms with Gasteiger partial charge in [-0.15, -0.1) is 0 Å². The molecule has 0 saturated heterocycles. The molecule has 1 heterocycles. The van der Waals surface area contributed by atoms with Crippen molar-refractivity contribution in [3.63, 3.8) is 0 Å². The van der Waals surface area contributed by atoms with E-state index in [0.29, 0.717) is 22.6 Å². The van der Waals surface area contributed by atoms with Crippen molar-refractivity contribution in [3.8, 4) is 5.69 Å². The largest absolute Gasteiger partial charge is 0.364 e. The highest BCUT2D eigenvalue weighted by molar-refractivity contribution is 6.33. The van der Waals surface area contributed by atoms with Gasteiger partial charge < -0.3 is 5.73 Å². The number of nitrogens with zero attached hydrogens (tertiary/aromatic N) is 2. The van der Waals surface area contributed by atoms with E-state index in [0.717, 1.165) is 0 Å². The number of aldehydes is 1. The Morgan fingerprint density at radius 3 is 2.76 bits per heavy atom. The fourth-order valence-corrected chi connectivity index (χ4v) is 1.65. The quantitative estimate of drug-likeness (QED) is 0.836. The number of carbonyl (C=O) groups is 2. The Morgan fingerprint density at radius 2 is 2.18 bits per heavy atom. The van der Waals surface area contributed by atoms with Crippen LogP contribution in [0, 0.1) is 0 Å². The van der Waals surface area contributed by atoms with Crippen LogP contribution >= 0.6 is 11.6 Å². The minimum Gasteiger partial charge on any atom is -0.364 e. The molecule has 0 radical (unpaired) electrons. The summed E-state index contributed by atoms with van der Waals surface area (Å²) in [4.78, 5) is 21.9. The van der Waals surface area contributed by atoms with Gasteiger partial charge in [-0.05, 0) is 18.2 Å². The fourth-order valence-electron chi connectivity index (χ4n) is 1.43. The highest BCUT2D eigenvalue weighted by Crippen LogP contribution is 2.21. The van der Waals surface area contributed by atoms with E-state index < -0.39 is 5.91 Å². The van der Waals surface area contributed by atoms with Crippen LogP contribution in [0.4, 0.5) is 0 Å². The molecule has 0 fully saturated rings. The zero-order valence-electron chi connectivity index (χ0n) is 8.63. The standard InChI is InChI=1S/C11H8ClN3O2/c12-8-2-1-3-10(7(8)6-16)15-5-4-9(14-15)11(13)17/h1-6H,(H2,13,17). The van der Waals surface area contributed by atoms with Gasteiger partial charge in [0, 0.05) is 6.20 Å². The van der Waals surface area contributed by atoms with Crippen molar-refractivity contribution < 1.29 is 9.59 Å². The summed E-state index contributed by atoms with van der Waals surface area (Å²) >= 11 is 5.88. The Kier molecular flexibility index (Phi) is 2.93. The van der Waals surface area contributed by atoms with E-state index in [1.165, 1.54) is 10.7 Å². The van der Waals surface area contributed by atoms with E-state index >= 15 is 0 Å². The van der Waals surface area contributed by atoms with Crippen LogP contribution in [0.1, 0.15) is 20.8 Å². The van der Waals surface area contributed by atoms with Crippen molar-refractivity contribution in [1.29, 1.82) is 0 Å². The van der Waals surface area contributed by atoms with E-state index in [4.69, 9.17) is 17.3 Å². The van der Waals surface area contributed by atoms with Gasteiger partial charge in [0.2, 0.25) is 0 Å². The molecule has 0 aliphatic rings. The summed E-state index contributed by atoms with van der Waals surface area (Å²) in [6, 6.07) is 6.44. The average molecular weight is 250 g/mol. The first-order valence-corrected chi connectivity index (χ1v) is 5.11. The number of carbonyl (C=O) groups excluding carboxylic acids is 2. The smallest absolute Gasteiger partial charge is 0.269 e. The molecule has 5 nitrogen and oxygen atoms in total. The lowest BCUT2D eigenvalue weighted by Gasteiger charge is -2.05. The van der Waals surface area contributed by atoms with Crippen LogP contribution < -0.4 is 5.73 Å². The first-order chi connectivity index (χ1) is 8.13. The maximum atomic E-state index is 10.9. The molecule has 0 aliphatic heterocycles. The van der Waals surface area contributed by atoms with Crippen LogP contribution in [0.25, 0.3) is 5.69 Å². The summed E-state index contributed by atoms with van der Waals surface area (Å²) in [5.74, 6) is -0.626. The molecule has 0 unspecified atom stereocenters. The van der Waals surface area contributed by atoms with Crippen LogP contribution in [0.3, 0.4) is 0 Å². The summed E-state index contributed by atoms with van der Waals surface area (Å²) in [7, 11) is 0. The molecule has 0 bridgehead atoms. The van der Waals surface area contributed by atoms with Crippen molar-refractivity contribution in [1.82, 2.24) is 9.78 Å². The van der Waals surface area contributed by atoms with Gasteiger partial charge in [-0.1, -0.05) is 17.7 Å². The molecular weight excluding hydrogens is 242 g/mol. The second-order valence-electron chi connectivity index (χ2n) is 3.30. The molecule has 1 aromatic carbocycles. The van der Waals surface area contributed by atoms with Gasteiger partial charge in [0.15, 0.2) is 6.29 Å². The number of halogens is 1. The molecule has 6 heteroatoms. The lowest BCUT2D eigenvalue weighted by atomic mass is 10.2. The minimum absolute atomic E-state index is 0.127. The molecule has 2 aromatic rings. The van der Waals surface area contributed by atoms with Gasteiger partial charge in [-0.2, -0.15) is 5.10 Å². The molecule has 0 atom stereocenters. The maximum Gasteiger partial charge on any atom is 0.269 e. The number of nitrogens with two attached hydrogens (primary N) is 1. The van der Waals surface area contributed by atoms with Crippen molar-refractivity contribution in [3.05, 3.63) is 46.7 Å². The minimum atomic E-state index is -0.626. The van der Waals surface area contributed by atoms with Crippen LogP contribution in [0.2, 0.25) is 5.02 Å². The Morgan fingerprint density at radius 1 is 1.41 bits per heavy atom. The summed E-state index contributed by atoms with van der Waals surface area (Å²) in [5, 5.41) is 4.28. The molecule has 17 heavy (non-hydrogen) atoms. The van der Waals surface area contributed by atoms with Crippen LogP contribution in [0.5, 0.6) is 0 Å². The summed E-state index contributed by atoms with van der Waals surface area (Å²) in [6.07, 6.45) is 2.18. The normalized spacial score (nSPS) is 10.2. The molecule has 0 aliphatic carbocycles. The molecule has 2 N–H and O–H groups in total. The zero-order valence-corrected chi connectivity index (χ0v) is 9.39. The van der Waals surface area contributed by atoms with Gasteiger partial charge >= 0.3 is 0 Å². The molecule has 2 rings (SSSR count). The van der Waals surface area contributed by atoms with E-state index in [2.05, 4.69) is 5.10 Å². The number of amides is 1. The lowest BCUT2D eigenvalue weighted by molar-refractivity contribution is 0.0995. The van der Waals surface area contributed by atoms with Gasteiger partial charge in [-0.25, -0.2) is 4.68 Å². The lowest BCUT2D eigenvalue weighted by Crippen LogP contribution is -2.12. The summed E-state index contributed by atoms with van der Waals surface area (Å²) in [6.45, 7) is 0. The van der Waals surface area contributed by atoms with E-state index in [1.54, 1.807) is 24.4 Å². The third kappa shape index (κ3) is 2.05. The monoisotopic (exact) mass is 249 g/mol. The van der Waals surface area contributed by atoms with E-state index in [9.17, 15) is 9.59 Å². The van der Waals surface area contributed by atoms with Gasteiger partial charge in [-0.3, -0.25) is 9.59 Å². The van der Waals surface area contributed by atoms with Crippen molar-refractivity contribution in [2.75, 3.05) is 0 Å². The predicted molar refractivity (Wildman–Crippen MR) is 62.5 cm³/mol. The van der Waals surface area contributed by atoms with Crippen LogP contribution in [-0.2, 0) is 0 Å². The predicted octanol–water partition coefficient (Wildman–Crippen LogP) is 1.44. The number of primary amides is 1. The Balaban J connectivity index is 2.56. The number of benzene rings is 1. The molecule has 0 saturated carbocycles. The molecular formula is C11H8ClN3O2. The molecule has 0 spiro atoms. The molecule has 1 amide bonds.